The molecule has 0 bridgehead atoms. The summed E-state index contributed by atoms with van der Waals surface area (Å²) in [5, 5.41) is 2.74. The van der Waals surface area contributed by atoms with Crippen LogP contribution in [0.15, 0.2) is 29.6 Å². The number of hydrogen-bond donors (Lipinski definition) is 0. The lowest BCUT2D eigenvalue weighted by Crippen LogP contribution is -2.17. The van der Waals surface area contributed by atoms with Gasteiger partial charge in [0.15, 0.2) is 5.78 Å². The third kappa shape index (κ3) is 2.47. The van der Waals surface area contributed by atoms with E-state index in [2.05, 4.69) is 11.4 Å². The third-order valence-electron chi connectivity index (χ3n) is 3.70. The van der Waals surface area contributed by atoms with Crippen molar-refractivity contribution in [1.82, 2.24) is 0 Å². The van der Waals surface area contributed by atoms with Gasteiger partial charge in [0, 0.05) is 21.4 Å². The molecule has 1 atom stereocenters. The fourth-order valence-corrected chi connectivity index (χ4v) is 4.12. The van der Waals surface area contributed by atoms with Gasteiger partial charge in [-0.25, -0.2) is 0 Å². The van der Waals surface area contributed by atoms with Crippen LogP contribution in [0.3, 0.4) is 0 Å². The molecule has 98 valence electrons. The van der Waals surface area contributed by atoms with Crippen molar-refractivity contribution >= 4 is 28.7 Å². The quantitative estimate of drug-likeness (QED) is 0.710. The molecule has 1 nitrogen and oxygen atoms in total. The van der Waals surface area contributed by atoms with Crippen molar-refractivity contribution in [3.63, 3.8) is 0 Å². The van der Waals surface area contributed by atoms with Gasteiger partial charge in [0.1, 0.15) is 0 Å². The second kappa shape index (κ2) is 5.10. The van der Waals surface area contributed by atoms with E-state index in [1.807, 2.05) is 19.1 Å². The van der Waals surface area contributed by atoms with Gasteiger partial charge in [-0.15, -0.1) is 11.3 Å². The van der Waals surface area contributed by atoms with Crippen LogP contribution in [0.5, 0.6) is 0 Å². The van der Waals surface area contributed by atoms with Gasteiger partial charge < -0.3 is 0 Å². The second-order valence-corrected chi connectivity index (χ2v) is 6.56. The maximum atomic E-state index is 12.7. The molecule has 3 heteroatoms. The van der Waals surface area contributed by atoms with Crippen LogP contribution in [0, 0.1) is 6.92 Å². The zero-order chi connectivity index (χ0) is 13.4. The Morgan fingerprint density at radius 3 is 3.00 bits per heavy atom. The highest BCUT2D eigenvalue weighted by Crippen LogP contribution is 2.37. The molecule has 1 unspecified atom stereocenters. The van der Waals surface area contributed by atoms with Crippen molar-refractivity contribution in [3.8, 4) is 0 Å². The van der Waals surface area contributed by atoms with Crippen LogP contribution in [0.4, 0.5) is 0 Å². The molecule has 0 radical (unpaired) electrons. The van der Waals surface area contributed by atoms with Gasteiger partial charge in [0.05, 0.1) is 0 Å². The Bertz CT molecular complexity index is 609. The predicted octanol–water partition coefficient (Wildman–Crippen LogP) is 5.01. The van der Waals surface area contributed by atoms with Gasteiger partial charge in [-0.2, -0.15) is 0 Å². The Labute approximate surface area is 122 Å². The Hall–Kier alpha value is -1.12. The average Bonchev–Trinajstić information content (AvgIpc) is 2.84. The van der Waals surface area contributed by atoms with Gasteiger partial charge >= 0.3 is 0 Å². The van der Waals surface area contributed by atoms with Crippen molar-refractivity contribution in [2.45, 2.75) is 32.1 Å². The highest BCUT2D eigenvalue weighted by molar-refractivity contribution is 7.10. The van der Waals surface area contributed by atoms with Crippen LogP contribution in [0.1, 0.15) is 45.1 Å². The fourth-order valence-electron chi connectivity index (χ4n) is 2.84. The van der Waals surface area contributed by atoms with Crippen LogP contribution in [-0.4, -0.2) is 5.78 Å². The lowest BCUT2D eigenvalue weighted by Gasteiger charge is -2.21. The summed E-state index contributed by atoms with van der Waals surface area (Å²) < 4.78 is 0. The molecule has 0 fully saturated rings. The molecule has 3 rings (SSSR count). The average molecular weight is 291 g/mol. The first kappa shape index (κ1) is 12.9. The molecule has 1 aliphatic rings. The zero-order valence-corrected chi connectivity index (χ0v) is 12.4. The number of benzene rings is 1. The number of Topliss-reactive ketones (excluding diaryl/α,β-unsaturated/α-hetero) is 1. The molecule has 2 aromatic rings. The lowest BCUT2D eigenvalue weighted by molar-refractivity contribution is 0.0951. The van der Waals surface area contributed by atoms with E-state index < -0.39 is 0 Å². The van der Waals surface area contributed by atoms with E-state index in [1.165, 1.54) is 10.4 Å². The van der Waals surface area contributed by atoms with Crippen LogP contribution in [-0.2, 0) is 6.42 Å². The van der Waals surface area contributed by atoms with E-state index in [9.17, 15) is 4.79 Å². The summed E-state index contributed by atoms with van der Waals surface area (Å²) in [6, 6.07) is 7.72. The van der Waals surface area contributed by atoms with Crippen LogP contribution >= 0.6 is 22.9 Å². The molecule has 0 saturated heterocycles. The summed E-state index contributed by atoms with van der Waals surface area (Å²) in [5.41, 5.74) is 3.02. The minimum atomic E-state index is 0.0212. The molecular weight excluding hydrogens is 276 g/mol. The van der Waals surface area contributed by atoms with Crippen LogP contribution in [0.2, 0.25) is 5.02 Å². The molecule has 0 spiro atoms. The van der Waals surface area contributed by atoms with Crippen molar-refractivity contribution in [1.29, 1.82) is 0 Å². The normalized spacial score (nSPS) is 18.1. The molecule has 1 aliphatic carbocycles. The maximum Gasteiger partial charge on any atom is 0.170 e. The van der Waals surface area contributed by atoms with Gasteiger partial charge in [-0.05, 0) is 67.0 Å². The number of fused-ring (bicyclic) bond motifs is 1. The number of rotatable bonds is 2. The van der Waals surface area contributed by atoms with Crippen LogP contribution < -0.4 is 0 Å². The first-order valence-corrected chi connectivity index (χ1v) is 7.78. The van der Waals surface area contributed by atoms with Crippen molar-refractivity contribution in [3.05, 3.63) is 56.2 Å². The molecule has 0 aliphatic heterocycles. The minimum Gasteiger partial charge on any atom is -0.293 e. The minimum absolute atomic E-state index is 0.0212. The molecule has 1 aromatic heterocycles. The Morgan fingerprint density at radius 2 is 2.21 bits per heavy atom. The number of carbonyl (C=O) groups excluding carboxylic acids is 1. The monoisotopic (exact) mass is 290 g/mol. The Morgan fingerprint density at radius 1 is 1.37 bits per heavy atom. The van der Waals surface area contributed by atoms with Gasteiger partial charge in [-0.3, -0.25) is 4.79 Å². The molecule has 0 N–H and O–H groups in total. The highest BCUT2D eigenvalue weighted by atomic mass is 35.5. The van der Waals surface area contributed by atoms with E-state index in [4.69, 9.17) is 11.6 Å². The van der Waals surface area contributed by atoms with Crippen molar-refractivity contribution in [2.75, 3.05) is 0 Å². The van der Waals surface area contributed by atoms with Crippen LogP contribution in [0.25, 0.3) is 0 Å². The fraction of sp³-hybridized carbons (Fsp3) is 0.312. The topological polar surface area (TPSA) is 17.1 Å². The standard InChI is InChI=1S/C16H15ClOS/c1-10-7-11(9-12(17)8-10)16(18)14-3-2-4-15-13(14)5-6-19-15/h5-9,14H,2-4H2,1H3. The molecular formula is C16H15ClOS. The van der Waals surface area contributed by atoms with Crippen molar-refractivity contribution < 1.29 is 4.79 Å². The summed E-state index contributed by atoms with van der Waals surface area (Å²) in [6.45, 7) is 1.97. The Balaban J connectivity index is 1.97. The number of carbonyl (C=O) groups is 1. The van der Waals surface area contributed by atoms with Crippen molar-refractivity contribution in [2.24, 2.45) is 0 Å². The molecule has 1 heterocycles. The molecule has 0 saturated carbocycles. The summed E-state index contributed by atoms with van der Waals surface area (Å²) in [6.07, 6.45) is 3.17. The smallest absolute Gasteiger partial charge is 0.170 e. The number of hydrogen-bond acceptors (Lipinski definition) is 2. The summed E-state index contributed by atoms with van der Waals surface area (Å²) in [5.74, 6) is 0.234. The highest BCUT2D eigenvalue weighted by Gasteiger charge is 2.28. The summed E-state index contributed by atoms with van der Waals surface area (Å²) in [4.78, 5) is 14.1. The van der Waals surface area contributed by atoms with Gasteiger partial charge in [0.25, 0.3) is 0 Å². The number of thiophene rings is 1. The van der Waals surface area contributed by atoms with Gasteiger partial charge in [-0.1, -0.05) is 11.6 Å². The largest absolute Gasteiger partial charge is 0.293 e. The lowest BCUT2D eigenvalue weighted by atomic mass is 9.82. The second-order valence-electron chi connectivity index (χ2n) is 5.13. The predicted molar refractivity (Wildman–Crippen MR) is 80.5 cm³/mol. The van der Waals surface area contributed by atoms with E-state index in [0.717, 1.165) is 30.4 Å². The van der Waals surface area contributed by atoms with E-state index in [1.54, 1.807) is 17.4 Å². The molecule has 19 heavy (non-hydrogen) atoms. The summed E-state index contributed by atoms with van der Waals surface area (Å²) >= 11 is 7.83. The number of halogens is 1. The number of aryl methyl sites for hydroxylation is 2. The van der Waals surface area contributed by atoms with Gasteiger partial charge in [0.2, 0.25) is 0 Å². The van der Waals surface area contributed by atoms with E-state index in [-0.39, 0.29) is 11.7 Å². The Kier molecular flexibility index (Phi) is 3.46. The SMILES string of the molecule is Cc1cc(Cl)cc(C(=O)C2CCCc3sccc32)c1. The maximum absolute atomic E-state index is 12.7. The molecule has 1 aromatic carbocycles. The van der Waals surface area contributed by atoms with E-state index in [0.29, 0.717) is 5.02 Å². The first-order chi connectivity index (χ1) is 9.15. The number of ketones is 1. The molecule has 0 amide bonds. The third-order valence-corrected chi connectivity index (χ3v) is 4.91. The summed E-state index contributed by atoms with van der Waals surface area (Å²) in [7, 11) is 0. The van der Waals surface area contributed by atoms with E-state index >= 15 is 0 Å². The first-order valence-electron chi connectivity index (χ1n) is 6.53. The zero-order valence-electron chi connectivity index (χ0n) is 10.8.